The SMILES string of the molecule is C=CC1=C(C)c2cc(-n3c4ccccc4c4cc(-c5ccccc5)ccc43)cc3cccc1c23. The van der Waals surface area contributed by atoms with Crippen LogP contribution in [0, 0.1) is 0 Å². The van der Waals surface area contributed by atoms with E-state index < -0.39 is 0 Å². The molecular formula is C33H23N. The number of aromatic nitrogens is 1. The molecule has 1 aliphatic rings. The average molecular weight is 434 g/mol. The van der Waals surface area contributed by atoms with Gasteiger partial charge in [0.1, 0.15) is 0 Å². The summed E-state index contributed by atoms with van der Waals surface area (Å²) in [6, 6.07) is 37.5. The Morgan fingerprint density at radius 1 is 0.647 bits per heavy atom. The van der Waals surface area contributed by atoms with Gasteiger partial charge in [0.05, 0.1) is 11.0 Å². The van der Waals surface area contributed by atoms with Crippen molar-refractivity contribution >= 4 is 43.7 Å². The van der Waals surface area contributed by atoms with Crippen LogP contribution in [0.15, 0.2) is 116 Å². The lowest BCUT2D eigenvalue weighted by atomic mass is 10.0. The molecule has 0 saturated carbocycles. The Balaban J connectivity index is 1.55. The Kier molecular flexibility index (Phi) is 3.98. The third kappa shape index (κ3) is 2.55. The highest BCUT2D eigenvalue weighted by Crippen LogP contribution is 2.44. The number of nitrogens with zero attached hydrogens (tertiary/aromatic N) is 1. The van der Waals surface area contributed by atoms with Gasteiger partial charge in [-0.15, -0.1) is 0 Å². The first kappa shape index (κ1) is 19.1. The van der Waals surface area contributed by atoms with E-state index in [-0.39, 0.29) is 0 Å². The molecule has 1 aliphatic carbocycles. The summed E-state index contributed by atoms with van der Waals surface area (Å²) in [4.78, 5) is 0. The topological polar surface area (TPSA) is 4.93 Å². The van der Waals surface area contributed by atoms with Crippen molar-refractivity contribution < 1.29 is 0 Å². The van der Waals surface area contributed by atoms with E-state index in [1.54, 1.807) is 0 Å². The van der Waals surface area contributed by atoms with Crippen LogP contribution in [0.4, 0.5) is 0 Å². The summed E-state index contributed by atoms with van der Waals surface area (Å²) >= 11 is 0. The smallest absolute Gasteiger partial charge is 0.0541 e. The van der Waals surface area contributed by atoms with Gasteiger partial charge in [0.2, 0.25) is 0 Å². The van der Waals surface area contributed by atoms with Gasteiger partial charge >= 0.3 is 0 Å². The molecule has 0 N–H and O–H groups in total. The number of hydrogen-bond donors (Lipinski definition) is 0. The predicted molar refractivity (Wildman–Crippen MR) is 146 cm³/mol. The molecule has 160 valence electrons. The first-order chi connectivity index (χ1) is 16.7. The minimum atomic E-state index is 1.20. The number of rotatable bonds is 3. The molecular weight excluding hydrogens is 410 g/mol. The fourth-order valence-electron chi connectivity index (χ4n) is 5.73. The molecule has 1 aromatic heterocycles. The number of benzene rings is 5. The summed E-state index contributed by atoms with van der Waals surface area (Å²) in [7, 11) is 0. The zero-order chi connectivity index (χ0) is 22.8. The molecule has 0 bridgehead atoms. The molecule has 0 amide bonds. The van der Waals surface area contributed by atoms with E-state index in [2.05, 4.69) is 121 Å². The van der Waals surface area contributed by atoms with E-state index >= 15 is 0 Å². The van der Waals surface area contributed by atoms with Crippen LogP contribution in [0.3, 0.4) is 0 Å². The highest BCUT2D eigenvalue weighted by Gasteiger charge is 2.22. The molecule has 7 rings (SSSR count). The van der Waals surface area contributed by atoms with Gasteiger partial charge in [-0.3, -0.25) is 0 Å². The summed E-state index contributed by atoms with van der Waals surface area (Å²) < 4.78 is 2.42. The van der Waals surface area contributed by atoms with Crippen LogP contribution in [-0.4, -0.2) is 4.57 Å². The Labute approximate surface area is 198 Å². The number of para-hydroxylation sites is 1. The molecule has 6 aromatic rings. The molecule has 5 aromatic carbocycles. The van der Waals surface area contributed by atoms with Crippen LogP contribution in [0.25, 0.3) is 60.5 Å². The van der Waals surface area contributed by atoms with Gasteiger partial charge in [-0.05, 0) is 81.4 Å². The van der Waals surface area contributed by atoms with E-state index in [0.29, 0.717) is 0 Å². The normalized spacial score (nSPS) is 12.9. The summed E-state index contributed by atoms with van der Waals surface area (Å²) in [5.74, 6) is 0. The Morgan fingerprint density at radius 2 is 1.44 bits per heavy atom. The zero-order valence-electron chi connectivity index (χ0n) is 19.0. The van der Waals surface area contributed by atoms with E-state index in [4.69, 9.17) is 0 Å². The summed E-state index contributed by atoms with van der Waals surface area (Å²) in [6.07, 6.45) is 2.00. The molecule has 1 heterocycles. The first-order valence-electron chi connectivity index (χ1n) is 11.7. The zero-order valence-corrected chi connectivity index (χ0v) is 19.0. The van der Waals surface area contributed by atoms with Crippen molar-refractivity contribution in [2.24, 2.45) is 0 Å². The lowest BCUT2D eigenvalue weighted by molar-refractivity contribution is 1.18. The molecule has 34 heavy (non-hydrogen) atoms. The molecule has 0 unspecified atom stereocenters. The second-order valence-electron chi connectivity index (χ2n) is 9.09. The van der Waals surface area contributed by atoms with Crippen molar-refractivity contribution in [3.8, 4) is 16.8 Å². The van der Waals surface area contributed by atoms with Gasteiger partial charge in [0.25, 0.3) is 0 Å². The van der Waals surface area contributed by atoms with E-state index in [0.717, 1.165) is 0 Å². The lowest BCUT2D eigenvalue weighted by Gasteiger charge is -2.12. The van der Waals surface area contributed by atoms with Crippen molar-refractivity contribution in [3.05, 3.63) is 127 Å². The van der Waals surface area contributed by atoms with Crippen LogP contribution in [0.5, 0.6) is 0 Å². The van der Waals surface area contributed by atoms with Gasteiger partial charge in [-0.1, -0.05) is 85.5 Å². The number of hydrogen-bond acceptors (Lipinski definition) is 0. The molecule has 0 aliphatic heterocycles. The predicted octanol–water partition coefficient (Wildman–Crippen LogP) is 9.03. The third-order valence-electron chi connectivity index (χ3n) is 7.30. The third-order valence-corrected chi connectivity index (χ3v) is 7.30. The lowest BCUT2D eigenvalue weighted by Crippen LogP contribution is -1.95. The molecule has 0 fully saturated rings. The first-order valence-corrected chi connectivity index (χ1v) is 11.7. The standard InChI is InChI=1S/C33H23N/c1-3-26-21(2)29-20-25(18-24-12-9-14-28(26)33(24)29)34-31-15-8-7-13-27(31)30-19-23(16-17-32(30)34)22-10-5-4-6-11-22/h3-20H,1H2,2H3. The van der Waals surface area contributed by atoms with Gasteiger partial charge in [-0.25, -0.2) is 0 Å². The minimum Gasteiger partial charge on any atom is -0.309 e. The fraction of sp³-hybridized carbons (Fsp3) is 0.0303. The van der Waals surface area contributed by atoms with E-state index in [1.165, 1.54) is 71.7 Å². The Morgan fingerprint density at radius 3 is 2.29 bits per heavy atom. The molecule has 0 atom stereocenters. The van der Waals surface area contributed by atoms with Crippen molar-refractivity contribution in [3.63, 3.8) is 0 Å². The summed E-state index contributed by atoms with van der Waals surface area (Å²) in [6.45, 7) is 6.30. The fourth-order valence-corrected chi connectivity index (χ4v) is 5.73. The molecule has 0 radical (unpaired) electrons. The van der Waals surface area contributed by atoms with Gasteiger partial charge in [0, 0.05) is 16.5 Å². The maximum absolute atomic E-state index is 4.09. The molecule has 1 heteroatoms. The second-order valence-corrected chi connectivity index (χ2v) is 9.09. The summed E-state index contributed by atoms with van der Waals surface area (Å²) in [5, 5.41) is 5.17. The maximum atomic E-state index is 4.09. The molecule has 1 nitrogen and oxygen atoms in total. The Hall–Kier alpha value is -4.36. The van der Waals surface area contributed by atoms with Crippen molar-refractivity contribution in [1.82, 2.24) is 4.57 Å². The highest BCUT2D eigenvalue weighted by molar-refractivity contribution is 6.16. The van der Waals surface area contributed by atoms with Crippen molar-refractivity contribution in [2.45, 2.75) is 6.92 Å². The second kappa shape index (κ2) is 7.07. The van der Waals surface area contributed by atoms with Crippen LogP contribution < -0.4 is 0 Å². The van der Waals surface area contributed by atoms with Crippen LogP contribution in [0.1, 0.15) is 18.1 Å². The van der Waals surface area contributed by atoms with Crippen LogP contribution in [-0.2, 0) is 0 Å². The molecule has 0 spiro atoms. The van der Waals surface area contributed by atoms with Gasteiger partial charge in [-0.2, -0.15) is 0 Å². The van der Waals surface area contributed by atoms with Crippen LogP contribution >= 0.6 is 0 Å². The average Bonchev–Trinajstić information content (AvgIpc) is 3.37. The van der Waals surface area contributed by atoms with Crippen molar-refractivity contribution in [1.29, 1.82) is 0 Å². The highest BCUT2D eigenvalue weighted by atomic mass is 15.0. The van der Waals surface area contributed by atoms with E-state index in [9.17, 15) is 0 Å². The summed E-state index contributed by atoms with van der Waals surface area (Å²) in [5.41, 5.74) is 11.3. The van der Waals surface area contributed by atoms with Gasteiger partial charge < -0.3 is 4.57 Å². The molecule has 0 saturated heterocycles. The Bertz CT molecular complexity index is 1810. The number of allylic oxidation sites excluding steroid dienone is 3. The van der Waals surface area contributed by atoms with E-state index in [1.807, 2.05) is 6.08 Å². The largest absolute Gasteiger partial charge is 0.309 e. The number of fused-ring (bicyclic) bond motifs is 3. The minimum absolute atomic E-state index is 1.20. The quantitative estimate of drug-likeness (QED) is 0.262. The van der Waals surface area contributed by atoms with Crippen molar-refractivity contribution in [2.75, 3.05) is 0 Å². The van der Waals surface area contributed by atoms with Crippen LogP contribution in [0.2, 0.25) is 0 Å². The monoisotopic (exact) mass is 433 g/mol. The maximum Gasteiger partial charge on any atom is 0.0541 e. The van der Waals surface area contributed by atoms with Gasteiger partial charge in [0.15, 0.2) is 0 Å².